The molecule has 0 aliphatic carbocycles. The lowest BCUT2D eigenvalue weighted by molar-refractivity contribution is 0.271. The Morgan fingerprint density at radius 3 is 2.35 bits per heavy atom. The van der Waals surface area contributed by atoms with Gasteiger partial charge in [0.2, 0.25) is 10.0 Å². The van der Waals surface area contributed by atoms with Crippen LogP contribution in [0.3, 0.4) is 0 Å². The number of sulfonamides is 1. The summed E-state index contributed by atoms with van der Waals surface area (Å²) in [6.45, 7) is 3.67. The number of primary sulfonamides is 1. The van der Waals surface area contributed by atoms with Crippen LogP contribution in [0.2, 0.25) is 0 Å². The van der Waals surface area contributed by atoms with E-state index in [1.54, 1.807) is 16.8 Å². The van der Waals surface area contributed by atoms with Gasteiger partial charge in [0.15, 0.2) is 5.82 Å². The molecular formula is C12H16N4O3S. The lowest BCUT2D eigenvalue weighted by Gasteiger charge is -2.08. The maximum atomic E-state index is 11.2. The predicted molar refractivity (Wildman–Crippen MR) is 72.7 cm³/mol. The molecule has 1 aromatic carbocycles. The molecule has 0 aliphatic heterocycles. The Labute approximate surface area is 117 Å². The number of nitrogens with two attached hydrogens (primary N) is 1. The molecule has 1 heterocycles. The van der Waals surface area contributed by atoms with Crippen molar-refractivity contribution in [3.05, 3.63) is 35.9 Å². The summed E-state index contributed by atoms with van der Waals surface area (Å²) in [7, 11) is -3.71. The molecule has 108 valence electrons. The summed E-state index contributed by atoms with van der Waals surface area (Å²) in [5.41, 5.74) is 0.660. The second kappa shape index (κ2) is 5.31. The molecule has 0 radical (unpaired) electrons. The van der Waals surface area contributed by atoms with Crippen LogP contribution in [0.4, 0.5) is 0 Å². The molecule has 0 spiro atoms. The minimum absolute atomic E-state index is 0.0369. The molecule has 0 unspecified atom stereocenters. The fraction of sp³-hybridized carbons (Fsp3) is 0.333. The van der Waals surface area contributed by atoms with Gasteiger partial charge in [-0.05, 0) is 24.3 Å². The Kier molecular flexibility index (Phi) is 3.89. The first-order valence-electron chi connectivity index (χ1n) is 6.03. The number of aromatic nitrogens is 3. The van der Waals surface area contributed by atoms with Crippen LogP contribution in [0.1, 0.15) is 31.4 Å². The highest BCUT2D eigenvalue weighted by Gasteiger charge is 2.15. The molecule has 0 fully saturated rings. The molecule has 0 saturated carbocycles. The lowest BCUT2D eigenvalue weighted by atomic mass is 10.2. The molecule has 2 aromatic rings. The van der Waals surface area contributed by atoms with Gasteiger partial charge in [-0.1, -0.05) is 13.8 Å². The first kappa shape index (κ1) is 14.6. The lowest BCUT2D eigenvalue weighted by Crippen LogP contribution is -2.12. The summed E-state index contributed by atoms with van der Waals surface area (Å²) in [6, 6.07) is 6.02. The van der Waals surface area contributed by atoms with Gasteiger partial charge in [0.1, 0.15) is 12.4 Å². The van der Waals surface area contributed by atoms with Gasteiger partial charge >= 0.3 is 0 Å². The van der Waals surface area contributed by atoms with Crippen LogP contribution in [0.15, 0.2) is 29.2 Å². The van der Waals surface area contributed by atoms with Crippen LogP contribution in [-0.4, -0.2) is 28.3 Å². The van der Waals surface area contributed by atoms with Crippen molar-refractivity contribution in [2.24, 2.45) is 5.14 Å². The molecule has 0 bridgehead atoms. The second-order valence-corrected chi connectivity index (χ2v) is 6.21. The normalized spacial score (nSPS) is 12.1. The number of benzene rings is 1. The molecule has 7 nitrogen and oxygen atoms in total. The molecule has 1 aromatic heterocycles. The van der Waals surface area contributed by atoms with Gasteiger partial charge in [-0.3, -0.25) is 0 Å². The van der Waals surface area contributed by atoms with Crippen molar-refractivity contribution in [1.29, 1.82) is 0 Å². The summed E-state index contributed by atoms with van der Waals surface area (Å²) >= 11 is 0. The Morgan fingerprint density at radius 1 is 1.30 bits per heavy atom. The number of aliphatic hydroxyl groups excluding tert-OH is 1. The van der Waals surface area contributed by atoms with E-state index in [2.05, 4.69) is 10.1 Å². The van der Waals surface area contributed by atoms with Crippen LogP contribution in [0.25, 0.3) is 5.69 Å². The number of hydrogen-bond acceptors (Lipinski definition) is 5. The van der Waals surface area contributed by atoms with E-state index in [0.717, 1.165) is 0 Å². The average Bonchev–Trinajstić information content (AvgIpc) is 2.82. The third kappa shape index (κ3) is 2.87. The molecule has 8 heteroatoms. The molecular weight excluding hydrogens is 280 g/mol. The first-order chi connectivity index (χ1) is 9.32. The van der Waals surface area contributed by atoms with Crippen LogP contribution >= 0.6 is 0 Å². The molecule has 0 atom stereocenters. The van der Waals surface area contributed by atoms with E-state index in [1.807, 2.05) is 13.8 Å². The molecule has 0 amide bonds. The van der Waals surface area contributed by atoms with Crippen molar-refractivity contribution >= 4 is 10.0 Å². The zero-order chi connectivity index (χ0) is 14.9. The summed E-state index contributed by atoms with van der Waals surface area (Å²) in [5, 5.41) is 18.4. The van der Waals surface area contributed by atoms with E-state index in [-0.39, 0.29) is 17.4 Å². The summed E-state index contributed by atoms with van der Waals surface area (Å²) in [6.07, 6.45) is 0. The van der Waals surface area contributed by atoms with Gasteiger partial charge < -0.3 is 5.11 Å². The monoisotopic (exact) mass is 296 g/mol. The minimum Gasteiger partial charge on any atom is -0.388 e. The standard InChI is InChI=1S/C12H16N4O3S/c1-8(2)12-14-11(7-17)15-16(12)9-3-5-10(6-4-9)20(13,18)19/h3-6,8,17H,7H2,1-2H3,(H2,13,18,19). The van der Waals surface area contributed by atoms with Crippen molar-refractivity contribution in [3.8, 4) is 5.69 Å². The van der Waals surface area contributed by atoms with Gasteiger partial charge in [-0.25, -0.2) is 23.2 Å². The Hall–Kier alpha value is -1.77. The molecule has 3 N–H and O–H groups in total. The number of rotatable bonds is 4. The minimum atomic E-state index is -3.71. The molecule has 0 saturated heterocycles. The van der Waals surface area contributed by atoms with Gasteiger partial charge in [0, 0.05) is 5.92 Å². The van der Waals surface area contributed by atoms with Crippen LogP contribution < -0.4 is 5.14 Å². The molecule has 0 aliphatic rings. The van der Waals surface area contributed by atoms with E-state index in [4.69, 9.17) is 10.2 Å². The highest BCUT2D eigenvalue weighted by atomic mass is 32.2. The average molecular weight is 296 g/mol. The topological polar surface area (TPSA) is 111 Å². The van der Waals surface area contributed by atoms with Crippen molar-refractivity contribution in [2.45, 2.75) is 31.3 Å². The Morgan fingerprint density at radius 2 is 1.90 bits per heavy atom. The maximum absolute atomic E-state index is 11.2. The quantitative estimate of drug-likeness (QED) is 0.855. The highest BCUT2D eigenvalue weighted by Crippen LogP contribution is 2.18. The van der Waals surface area contributed by atoms with Crippen molar-refractivity contribution < 1.29 is 13.5 Å². The van der Waals surface area contributed by atoms with E-state index in [9.17, 15) is 8.42 Å². The third-order valence-electron chi connectivity index (χ3n) is 2.74. The summed E-state index contributed by atoms with van der Waals surface area (Å²) in [5.74, 6) is 1.13. The van der Waals surface area contributed by atoms with E-state index in [0.29, 0.717) is 17.3 Å². The SMILES string of the molecule is CC(C)c1nc(CO)nn1-c1ccc(S(N)(=O)=O)cc1. The Balaban J connectivity index is 2.49. The summed E-state index contributed by atoms with van der Waals surface area (Å²) < 4.78 is 24.0. The van der Waals surface area contributed by atoms with Crippen LogP contribution in [0.5, 0.6) is 0 Å². The molecule has 20 heavy (non-hydrogen) atoms. The van der Waals surface area contributed by atoms with Gasteiger partial charge in [0.25, 0.3) is 0 Å². The zero-order valence-electron chi connectivity index (χ0n) is 11.2. The van der Waals surface area contributed by atoms with E-state index >= 15 is 0 Å². The number of nitrogens with zero attached hydrogens (tertiary/aromatic N) is 3. The van der Waals surface area contributed by atoms with Crippen LogP contribution in [0, 0.1) is 0 Å². The predicted octanol–water partition coefficient (Wildman–Crippen LogP) is 0.530. The largest absolute Gasteiger partial charge is 0.388 e. The highest BCUT2D eigenvalue weighted by molar-refractivity contribution is 7.89. The maximum Gasteiger partial charge on any atom is 0.238 e. The first-order valence-corrected chi connectivity index (χ1v) is 7.57. The van der Waals surface area contributed by atoms with E-state index in [1.165, 1.54) is 12.1 Å². The number of aliphatic hydroxyl groups is 1. The third-order valence-corrected chi connectivity index (χ3v) is 3.67. The zero-order valence-corrected chi connectivity index (χ0v) is 12.0. The van der Waals surface area contributed by atoms with Crippen molar-refractivity contribution in [3.63, 3.8) is 0 Å². The molecule has 2 rings (SSSR count). The van der Waals surface area contributed by atoms with Gasteiger partial charge in [-0.2, -0.15) is 0 Å². The van der Waals surface area contributed by atoms with Crippen molar-refractivity contribution in [1.82, 2.24) is 14.8 Å². The smallest absolute Gasteiger partial charge is 0.238 e. The fourth-order valence-electron chi connectivity index (χ4n) is 1.78. The Bertz CT molecular complexity index is 705. The van der Waals surface area contributed by atoms with Gasteiger partial charge in [-0.15, -0.1) is 5.10 Å². The van der Waals surface area contributed by atoms with Gasteiger partial charge in [0.05, 0.1) is 10.6 Å². The van der Waals surface area contributed by atoms with Crippen molar-refractivity contribution in [2.75, 3.05) is 0 Å². The van der Waals surface area contributed by atoms with Crippen LogP contribution in [-0.2, 0) is 16.6 Å². The second-order valence-electron chi connectivity index (χ2n) is 4.65. The summed E-state index contributed by atoms with van der Waals surface area (Å²) in [4.78, 5) is 4.27. The number of hydrogen-bond donors (Lipinski definition) is 2. The fourth-order valence-corrected chi connectivity index (χ4v) is 2.29. The van der Waals surface area contributed by atoms with E-state index < -0.39 is 10.0 Å².